The van der Waals surface area contributed by atoms with Crippen LogP contribution in [0.4, 0.5) is 20.5 Å². The molecule has 3 aliphatic heterocycles. The summed E-state index contributed by atoms with van der Waals surface area (Å²) in [5, 5.41) is 20.6. The van der Waals surface area contributed by atoms with E-state index in [-0.39, 0.29) is 29.5 Å². The lowest BCUT2D eigenvalue weighted by molar-refractivity contribution is -0.182. The molecule has 3 fully saturated rings. The number of nitrogens with zero attached hydrogens (tertiary/aromatic N) is 7. The van der Waals surface area contributed by atoms with Gasteiger partial charge in [0.25, 0.3) is 11.5 Å². The molecule has 0 aromatic carbocycles. The van der Waals surface area contributed by atoms with Crippen LogP contribution < -0.4 is 17.0 Å². The lowest BCUT2D eigenvalue weighted by Crippen LogP contribution is -2.46. The molecule has 8 atom stereocenters. The third-order valence-electron chi connectivity index (χ3n) is 8.03. The molecule has 0 saturated carbocycles. The average molecular weight is 659 g/mol. The molecule has 3 aliphatic rings. The fourth-order valence-electron chi connectivity index (χ4n) is 5.89. The van der Waals surface area contributed by atoms with E-state index in [4.69, 9.17) is 42.0 Å². The number of nitrogen functional groups attached to an aromatic ring is 2. The first-order valence-electron chi connectivity index (χ1n) is 13.1. The summed E-state index contributed by atoms with van der Waals surface area (Å²) in [6.45, 7) is -6.09. The molecule has 18 nitrogen and oxygen atoms in total. The number of aliphatic hydroxyl groups is 2. The van der Waals surface area contributed by atoms with Crippen LogP contribution in [0.2, 0.25) is 0 Å². The Morgan fingerprint density at radius 2 is 1.89 bits per heavy atom. The molecule has 2 bridgehead atoms. The van der Waals surface area contributed by atoms with Crippen LogP contribution in [-0.4, -0.2) is 109 Å². The number of anilines is 2. The molecule has 8 N–H and O–H groups in total. The highest BCUT2D eigenvalue weighted by atomic mass is 32.5. The van der Waals surface area contributed by atoms with Crippen molar-refractivity contribution in [2.45, 2.75) is 54.4 Å². The lowest BCUT2D eigenvalue weighted by Gasteiger charge is -2.35. The number of alkyl halides is 2. The summed E-state index contributed by atoms with van der Waals surface area (Å²) in [7, 11) is 0. The second-order valence-electron chi connectivity index (χ2n) is 10.6. The second kappa shape index (κ2) is 10.1. The van der Waals surface area contributed by atoms with Crippen molar-refractivity contribution in [1.82, 2.24) is 39.0 Å². The number of nitrogens with one attached hydrogen (secondary N) is 1. The number of halogens is 2. The minimum absolute atomic E-state index is 0.124. The molecule has 44 heavy (non-hydrogen) atoms. The molecule has 4 aromatic heterocycles. The van der Waals surface area contributed by atoms with Gasteiger partial charge in [-0.25, -0.2) is 28.7 Å². The van der Waals surface area contributed by atoms with Crippen molar-refractivity contribution in [3.8, 4) is 0 Å². The quantitative estimate of drug-likeness (QED) is 0.121. The van der Waals surface area contributed by atoms with Gasteiger partial charge in [-0.1, -0.05) is 0 Å². The normalized spacial score (nSPS) is 32.6. The van der Waals surface area contributed by atoms with E-state index in [2.05, 4.69) is 29.9 Å². The topological polar surface area (TPSA) is 257 Å². The van der Waals surface area contributed by atoms with E-state index < -0.39 is 79.6 Å². The number of hydrogen-bond donors (Lipinski definition) is 6. The van der Waals surface area contributed by atoms with E-state index in [1.807, 2.05) is 0 Å². The summed E-state index contributed by atoms with van der Waals surface area (Å²) in [6.07, 6.45) is -3.72. The SMILES string of the molecule is Nc1nc2c(ncn2[C@@H]2O[C@H](CCO)C(F)(F)[C@H]2P(O)(=S)OC[C@@]23CO[C@@H]([C@H](n4cnc5c(N)ncnc54)O2)[C@@H]3O)c(=O)[nH]1. The average Bonchev–Trinajstić information content (AvgIpc) is 3.76. The number of aliphatic hydroxyl groups excluding tert-OH is 2. The summed E-state index contributed by atoms with van der Waals surface area (Å²) in [6, 6.07) is 0. The van der Waals surface area contributed by atoms with Gasteiger partial charge in [0.05, 0.1) is 25.9 Å². The number of fused-ring (bicyclic) bond motifs is 4. The van der Waals surface area contributed by atoms with Crippen molar-refractivity contribution in [3.63, 3.8) is 0 Å². The Hall–Kier alpha value is -3.27. The summed E-state index contributed by atoms with van der Waals surface area (Å²) in [5.74, 6) is -4.02. The van der Waals surface area contributed by atoms with Gasteiger partial charge in [-0.3, -0.25) is 18.9 Å². The standard InChI is InChI=1S/C22H25F2N10O8PS/c23-22(24)8(1-2-35)41-19(34-7-30-10-16(34)31-20(26)32-17(10)37)13(22)43(38,44)40-4-21-3-39-11(12(21)36)18(42-21)33-6-29-9-14(25)27-5-28-15(9)33/h5-8,11-13,18-19,35-36H,1-4H2,(H,38,44)(H2,25,27,28)(H3,26,31,32,37)/t8-,11-,12+,13+,18-,19-,21-,43?/m1/s1. The van der Waals surface area contributed by atoms with Gasteiger partial charge in [0.1, 0.15) is 41.4 Å². The molecule has 7 heterocycles. The number of aromatic amines is 1. The Kier molecular flexibility index (Phi) is 6.77. The first kappa shape index (κ1) is 29.4. The Morgan fingerprint density at radius 1 is 1.16 bits per heavy atom. The minimum Gasteiger partial charge on any atom is -0.396 e. The first-order valence-corrected chi connectivity index (χ1v) is 15.9. The highest BCUT2D eigenvalue weighted by Crippen LogP contribution is 2.64. The van der Waals surface area contributed by atoms with E-state index in [9.17, 15) is 19.9 Å². The van der Waals surface area contributed by atoms with E-state index >= 15 is 8.78 Å². The summed E-state index contributed by atoms with van der Waals surface area (Å²) in [4.78, 5) is 46.3. The highest BCUT2D eigenvalue weighted by molar-refractivity contribution is 8.09. The van der Waals surface area contributed by atoms with Gasteiger partial charge in [0.2, 0.25) is 5.95 Å². The zero-order valence-electron chi connectivity index (χ0n) is 22.3. The van der Waals surface area contributed by atoms with E-state index in [1.54, 1.807) is 0 Å². The van der Waals surface area contributed by atoms with Crippen LogP contribution in [0.15, 0.2) is 23.8 Å². The maximum atomic E-state index is 15.9. The fraction of sp³-hybridized carbons (Fsp3) is 0.545. The van der Waals surface area contributed by atoms with Crippen LogP contribution in [0.25, 0.3) is 22.3 Å². The summed E-state index contributed by atoms with van der Waals surface area (Å²) < 4.78 is 57.6. The largest absolute Gasteiger partial charge is 0.396 e. The monoisotopic (exact) mass is 658 g/mol. The van der Waals surface area contributed by atoms with Crippen LogP contribution in [0, 0.1) is 0 Å². The number of imidazole rings is 2. The molecule has 22 heteroatoms. The summed E-state index contributed by atoms with van der Waals surface area (Å²) in [5.41, 5.74) is 7.17. The third-order valence-corrected chi connectivity index (χ3v) is 10.8. The van der Waals surface area contributed by atoms with E-state index in [0.717, 1.165) is 10.9 Å². The number of hydrogen-bond acceptors (Lipinski definition) is 15. The van der Waals surface area contributed by atoms with Crippen molar-refractivity contribution in [3.05, 3.63) is 29.3 Å². The number of rotatable bonds is 8. The van der Waals surface area contributed by atoms with Crippen LogP contribution in [-0.2, 0) is 30.5 Å². The van der Waals surface area contributed by atoms with Crippen molar-refractivity contribution >= 4 is 52.4 Å². The van der Waals surface area contributed by atoms with Gasteiger partial charge in [0, 0.05) is 13.0 Å². The predicted octanol–water partition coefficient (Wildman–Crippen LogP) is -1.25. The van der Waals surface area contributed by atoms with E-state index in [0.29, 0.717) is 11.2 Å². The van der Waals surface area contributed by atoms with Gasteiger partial charge in [-0.2, -0.15) is 4.98 Å². The van der Waals surface area contributed by atoms with Crippen molar-refractivity contribution in [2.75, 3.05) is 31.3 Å². The van der Waals surface area contributed by atoms with Gasteiger partial charge < -0.3 is 45.3 Å². The van der Waals surface area contributed by atoms with Gasteiger partial charge >= 0.3 is 0 Å². The molecule has 1 unspecified atom stereocenters. The van der Waals surface area contributed by atoms with Crippen molar-refractivity contribution < 1.29 is 42.6 Å². The predicted molar refractivity (Wildman–Crippen MR) is 148 cm³/mol. The van der Waals surface area contributed by atoms with Crippen LogP contribution in [0.1, 0.15) is 18.9 Å². The Labute approximate surface area is 249 Å². The second-order valence-corrected chi connectivity index (χ2v) is 14.1. The molecule has 7 rings (SSSR count). The number of ether oxygens (including phenoxy) is 3. The maximum Gasteiger partial charge on any atom is 0.289 e. The highest BCUT2D eigenvalue weighted by Gasteiger charge is 2.67. The maximum absolute atomic E-state index is 15.9. The Bertz CT molecular complexity index is 1880. The third kappa shape index (κ3) is 4.26. The fourth-order valence-corrected chi connectivity index (χ4v) is 8.49. The zero-order valence-corrected chi connectivity index (χ0v) is 24.0. The number of aromatic nitrogens is 8. The lowest BCUT2D eigenvalue weighted by atomic mass is 10.0. The molecular weight excluding hydrogens is 633 g/mol. The van der Waals surface area contributed by atoms with E-state index in [1.165, 1.54) is 17.2 Å². The van der Waals surface area contributed by atoms with Crippen LogP contribution in [0.5, 0.6) is 0 Å². The molecular formula is C22H25F2N10O8PS. The first-order chi connectivity index (χ1) is 20.9. The molecule has 0 spiro atoms. The van der Waals surface area contributed by atoms with Crippen molar-refractivity contribution in [2.24, 2.45) is 0 Å². The Balaban J connectivity index is 1.20. The van der Waals surface area contributed by atoms with Crippen molar-refractivity contribution in [1.29, 1.82) is 0 Å². The molecule has 0 aliphatic carbocycles. The molecule has 0 radical (unpaired) electrons. The molecule has 3 saturated heterocycles. The number of H-pyrrole nitrogens is 1. The van der Waals surface area contributed by atoms with Gasteiger partial charge in [-0.05, 0) is 11.8 Å². The van der Waals surface area contributed by atoms with Crippen LogP contribution in [0.3, 0.4) is 0 Å². The molecule has 4 aromatic rings. The zero-order chi connectivity index (χ0) is 31.2. The number of nitrogens with two attached hydrogens (primary N) is 2. The Morgan fingerprint density at radius 3 is 2.64 bits per heavy atom. The smallest absolute Gasteiger partial charge is 0.289 e. The molecule has 236 valence electrons. The van der Waals surface area contributed by atoms with Crippen LogP contribution >= 0.6 is 6.49 Å². The summed E-state index contributed by atoms with van der Waals surface area (Å²) >= 11 is 5.34. The minimum atomic E-state index is -4.58. The van der Waals surface area contributed by atoms with Gasteiger partial charge in [0.15, 0.2) is 41.6 Å². The van der Waals surface area contributed by atoms with Gasteiger partial charge in [-0.15, -0.1) is 0 Å². The molecule has 0 amide bonds.